The maximum Gasteiger partial charge on any atom is 0.479 e. The topological polar surface area (TPSA) is 270 Å². The molecule has 0 spiro atoms. The van der Waals surface area contributed by atoms with Gasteiger partial charge in [-0.05, 0) is 0 Å². The zero-order valence-corrected chi connectivity index (χ0v) is 23.9. The van der Waals surface area contributed by atoms with Gasteiger partial charge in [-0.3, -0.25) is 18.2 Å². The fourth-order valence-electron chi connectivity index (χ4n) is 2.76. The van der Waals surface area contributed by atoms with Crippen molar-refractivity contribution in [1.82, 2.24) is 19.5 Å². The van der Waals surface area contributed by atoms with Gasteiger partial charge in [-0.2, -0.15) is 0 Å². The van der Waals surface area contributed by atoms with Crippen LogP contribution in [0.25, 0.3) is 11.2 Å². The number of nitrogens with zero attached hydrogens (tertiary/aromatic N) is 4. The molecule has 1 aliphatic rings. The van der Waals surface area contributed by atoms with Crippen molar-refractivity contribution in [2.24, 2.45) is 0 Å². The van der Waals surface area contributed by atoms with Crippen LogP contribution in [0.3, 0.4) is 0 Å². The van der Waals surface area contributed by atoms with Gasteiger partial charge in [-0.15, -0.1) is 0 Å². The van der Waals surface area contributed by atoms with Gasteiger partial charge >= 0.3 is 23.0 Å². The monoisotopic (exact) mass is 551 g/mol. The minimum absolute atomic E-state index is 0. The molecular formula is C11H18N5Na2O12P3. The fourth-order valence-corrected chi connectivity index (χ4v) is 7.11. The summed E-state index contributed by atoms with van der Waals surface area (Å²) in [6.45, 7) is -0.901. The summed E-state index contributed by atoms with van der Waals surface area (Å²) in [5.41, 5.74) is 6.04. The van der Waals surface area contributed by atoms with E-state index in [0.29, 0.717) is 0 Å². The summed E-state index contributed by atoms with van der Waals surface area (Å²) in [7, 11) is -15.6. The van der Waals surface area contributed by atoms with Crippen molar-refractivity contribution < 1.29 is 57.1 Å². The number of anilines is 1. The van der Waals surface area contributed by atoms with Gasteiger partial charge in [0, 0.05) is 59.1 Å². The first-order valence-electron chi connectivity index (χ1n) is 8.19. The summed E-state index contributed by atoms with van der Waals surface area (Å²) >= 11 is 0. The summed E-state index contributed by atoms with van der Waals surface area (Å²) in [6.07, 6.45) is -3.54. The Morgan fingerprint density at radius 1 is 1.06 bits per heavy atom. The van der Waals surface area contributed by atoms with Crippen molar-refractivity contribution >= 4 is 99.1 Å². The summed E-state index contributed by atoms with van der Waals surface area (Å²) < 4.78 is 49.4. The second-order valence-electron chi connectivity index (χ2n) is 6.42. The average molecular weight is 551 g/mol. The predicted molar refractivity (Wildman–Crippen MR) is 111 cm³/mol. The Balaban J connectivity index is 0.00000272. The SMILES string of the molecule is Nc1ncnc2c1ncn2[C@@H]1O[C@H](COP(=O)(O)OP(=O)(O)CP(=O)(O)O)[C@@H](O)[C@H]1O.[Na].[Na]. The number of aliphatic hydroxyl groups is 2. The molecule has 0 saturated carbocycles. The van der Waals surface area contributed by atoms with Crippen molar-refractivity contribution in [1.29, 1.82) is 0 Å². The van der Waals surface area contributed by atoms with Gasteiger partial charge in [0.2, 0.25) is 0 Å². The molecule has 33 heavy (non-hydrogen) atoms. The third-order valence-electron chi connectivity index (χ3n) is 3.99. The second kappa shape index (κ2) is 11.8. The number of fused-ring (bicyclic) bond motifs is 1. The van der Waals surface area contributed by atoms with Crippen molar-refractivity contribution in [3.63, 3.8) is 0 Å². The van der Waals surface area contributed by atoms with Gasteiger partial charge in [0.05, 0.1) is 12.9 Å². The number of imidazole rings is 1. The first-order chi connectivity index (χ1) is 14.2. The smallest absolute Gasteiger partial charge is 0.387 e. The van der Waals surface area contributed by atoms with Gasteiger partial charge in [0.15, 0.2) is 23.6 Å². The molecule has 2 unspecified atom stereocenters. The summed E-state index contributed by atoms with van der Waals surface area (Å²) in [5, 5.41) is 20.5. The molecule has 3 heterocycles. The molecule has 0 aromatic carbocycles. The molecule has 8 N–H and O–H groups in total. The van der Waals surface area contributed by atoms with Crippen molar-refractivity contribution in [3.8, 4) is 0 Å². The molecule has 6 atom stereocenters. The molecule has 176 valence electrons. The van der Waals surface area contributed by atoms with Crippen LogP contribution in [0, 0.1) is 0 Å². The molecule has 17 nitrogen and oxygen atoms in total. The Morgan fingerprint density at radius 2 is 1.70 bits per heavy atom. The Labute approximate surface area is 229 Å². The third-order valence-corrected chi connectivity index (χ3v) is 9.22. The van der Waals surface area contributed by atoms with Crippen LogP contribution in [-0.2, 0) is 27.3 Å². The van der Waals surface area contributed by atoms with E-state index in [1.807, 2.05) is 0 Å². The van der Waals surface area contributed by atoms with Crippen molar-refractivity contribution in [2.75, 3.05) is 18.2 Å². The molecule has 1 fully saturated rings. The van der Waals surface area contributed by atoms with Crippen LogP contribution in [0.1, 0.15) is 6.23 Å². The number of phosphoric ester groups is 1. The number of ether oxygens (including phenoxy) is 1. The fraction of sp³-hybridized carbons (Fsp3) is 0.545. The molecule has 3 rings (SSSR count). The Bertz CT molecular complexity index is 1120. The van der Waals surface area contributed by atoms with E-state index in [-0.39, 0.29) is 76.1 Å². The van der Waals surface area contributed by atoms with Gasteiger partial charge in [0.25, 0.3) is 0 Å². The average Bonchev–Trinajstić information content (AvgIpc) is 3.13. The number of aliphatic hydroxyl groups excluding tert-OH is 2. The van der Waals surface area contributed by atoms with Crippen LogP contribution in [0.2, 0.25) is 0 Å². The third kappa shape index (κ3) is 8.09. The Hall–Kier alpha value is 0.680. The number of hydrogen-bond donors (Lipinski definition) is 7. The van der Waals surface area contributed by atoms with Crippen molar-refractivity contribution in [3.05, 3.63) is 12.7 Å². The molecule has 2 aromatic heterocycles. The minimum Gasteiger partial charge on any atom is -0.387 e. The van der Waals surface area contributed by atoms with E-state index in [4.69, 9.17) is 20.3 Å². The zero-order chi connectivity index (χ0) is 23.2. The first kappa shape index (κ1) is 31.7. The Kier molecular flexibility index (Phi) is 11.4. The van der Waals surface area contributed by atoms with Crippen LogP contribution in [0.4, 0.5) is 5.82 Å². The van der Waals surface area contributed by atoms with E-state index in [1.54, 1.807) is 0 Å². The number of nitrogen functional groups attached to an aromatic ring is 1. The molecule has 0 amide bonds. The van der Waals surface area contributed by atoms with Crippen LogP contribution in [0.5, 0.6) is 0 Å². The van der Waals surface area contributed by atoms with Gasteiger partial charge in [-0.1, -0.05) is 0 Å². The van der Waals surface area contributed by atoms with Crippen molar-refractivity contribution in [2.45, 2.75) is 24.5 Å². The molecule has 22 heteroatoms. The second-order valence-corrected chi connectivity index (χ2v) is 12.0. The standard InChI is InChI=1S/C11H18N5O12P3.2Na/c12-9-6-10(14-2-13-9)16(3-15-6)11-8(18)7(17)5(27-11)1-26-31(24,25)28-30(22,23)4-29(19,20)21;;/h2-3,5,7-8,11,17-18H,1,4H2,(H,22,23)(H,24,25)(H2,12,13,14)(H2,19,20,21);;/t5-,7-,8-,11-;;/m1../s1. The number of rotatable bonds is 8. The largest absolute Gasteiger partial charge is 0.479 e. The van der Waals surface area contributed by atoms with E-state index in [1.165, 1.54) is 10.9 Å². The zero-order valence-electron chi connectivity index (χ0n) is 17.2. The summed E-state index contributed by atoms with van der Waals surface area (Å²) in [4.78, 5) is 48.0. The summed E-state index contributed by atoms with van der Waals surface area (Å²) in [6, 6.07) is 0. The first-order valence-corrected chi connectivity index (χ1v) is 13.2. The summed E-state index contributed by atoms with van der Waals surface area (Å²) in [5.74, 6) is -1.66. The number of nitrogens with two attached hydrogens (primary N) is 1. The van der Waals surface area contributed by atoms with E-state index in [2.05, 4.69) is 23.8 Å². The molecular weight excluding hydrogens is 533 g/mol. The van der Waals surface area contributed by atoms with E-state index < -0.39 is 60.1 Å². The van der Waals surface area contributed by atoms with Gasteiger partial charge in [-0.25, -0.2) is 23.8 Å². The van der Waals surface area contributed by atoms with Crippen LogP contribution in [0.15, 0.2) is 12.7 Å². The number of phosphoric acid groups is 1. The number of hydrogen-bond acceptors (Lipinski definition) is 12. The molecule has 0 bridgehead atoms. The van der Waals surface area contributed by atoms with Gasteiger partial charge in [0.1, 0.15) is 30.2 Å². The maximum atomic E-state index is 11.9. The molecule has 2 radical (unpaired) electrons. The predicted octanol–water partition coefficient (Wildman–Crippen LogP) is -2.28. The maximum absolute atomic E-state index is 11.9. The molecule has 1 saturated heterocycles. The molecule has 1 aliphatic heterocycles. The Morgan fingerprint density at radius 3 is 2.30 bits per heavy atom. The number of aromatic nitrogens is 4. The van der Waals surface area contributed by atoms with Crippen LogP contribution < -0.4 is 5.73 Å². The van der Waals surface area contributed by atoms with E-state index >= 15 is 0 Å². The minimum atomic E-state index is -5.31. The van der Waals surface area contributed by atoms with E-state index in [0.717, 1.165) is 6.33 Å². The quantitative estimate of drug-likeness (QED) is 0.134. The molecule has 0 aliphatic carbocycles. The van der Waals surface area contributed by atoms with Gasteiger partial charge < -0.3 is 40.3 Å². The van der Waals surface area contributed by atoms with Crippen LogP contribution in [-0.4, -0.2) is 139 Å². The van der Waals surface area contributed by atoms with E-state index in [9.17, 15) is 33.7 Å². The normalized spacial score (nSPS) is 26.7. The molecule has 2 aromatic rings. The van der Waals surface area contributed by atoms with Crippen LogP contribution >= 0.6 is 23.0 Å².